The third kappa shape index (κ3) is 2.36. The largest absolute Gasteiger partial charge is 0.333 e. The molecular weight excluding hydrogens is 271 g/mol. The predicted octanol–water partition coefficient (Wildman–Crippen LogP) is 2.60. The molecule has 3 heterocycles. The maximum absolute atomic E-state index is 6.13. The van der Waals surface area contributed by atoms with Crippen LogP contribution >= 0.6 is 23.2 Å². The monoisotopic (exact) mass is 282 g/mol. The van der Waals surface area contributed by atoms with Crippen LogP contribution in [0.1, 0.15) is 11.5 Å². The first-order chi connectivity index (χ1) is 8.72. The van der Waals surface area contributed by atoms with Gasteiger partial charge in [-0.05, 0) is 12.1 Å². The minimum absolute atomic E-state index is 0.480. The molecule has 0 aromatic carbocycles. The van der Waals surface area contributed by atoms with E-state index < -0.39 is 0 Å². The lowest BCUT2D eigenvalue weighted by atomic mass is 10.3. The Bertz CT molecular complexity index is 567. The molecule has 1 aliphatic heterocycles. The van der Waals surface area contributed by atoms with Gasteiger partial charge in [0.05, 0.1) is 17.3 Å². The number of hydrogen-bond donors (Lipinski definition) is 0. The van der Waals surface area contributed by atoms with Gasteiger partial charge >= 0.3 is 0 Å². The Balaban J connectivity index is 1.76. The average Bonchev–Trinajstić information content (AvgIpc) is 2.81. The first kappa shape index (κ1) is 12.0. The van der Waals surface area contributed by atoms with Gasteiger partial charge in [-0.1, -0.05) is 23.2 Å². The van der Waals surface area contributed by atoms with Crippen molar-refractivity contribution < 1.29 is 0 Å². The third-order valence-electron chi connectivity index (χ3n) is 3.08. The lowest BCUT2D eigenvalue weighted by molar-refractivity contribution is 0.206. The van der Waals surface area contributed by atoms with Gasteiger partial charge < -0.3 is 4.57 Å². The van der Waals surface area contributed by atoms with E-state index in [0.29, 0.717) is 16.7 Å². The van der Waals surface area contributed by atoms with Crippen molar-refractivity contribution in [3.63, 3.8) is 0 Å². The Hall–Kier alpha value is -1.10. The van der Waals surface area contributed by atoms with Crippen LogP contribution in [0.3, 0.4) is 0 Å². The van der Waals surface area contributed by atoms with Crippen molar-refractivity contribution in [1.29, 1.82) is 0 Å². The summed E-state index contributed by atoms with van der Waals surface area (Å²) >= 11 is 12.0. The zero-order valence-corrected chi connectivity index (χ0v) is 11.2. The Labute approximate surface area is 115 Å². The molecule has 3 rings (SSSR count). The quantitative estimate of drug-likeness (QED) is 0.794. The topological polar surface area (TPSA) is 34.0 Å². The van der Waals surface area contributed by atoms with Crippen molar-refractivity contribution in [2.45, 2.75) is 19.6 Å². The third-order valence-corrected chi connectivity index (χ3v) is 3.64. The second-order valence-corrected chi connectivity index (χ2v) is 5.10. The van der Waals surface area contributed by atoms with E-state index in [2.05, 4.69) is 19.4 Å². The highest BCUT2D eigenvalue weighted by molar-refractivity contribution is 6.32. The molecule has 4 nitrogen and oxygen atoms in total. The fourth-order valence-electron chi connectivity index (χ4n) is 2.14. The Kier molecular flexibility index (Phi) is 3.24. The molecule has 0 N–H and O–H groups in total. The maximum atomic E-state index is 6.13. The molecule has 1 aliphatic rings. The van der Waals surface area contributed by atoms with E-state index in [0.717, 1.165) is 31.2 Å². The highest BCUT2D eigenvalue weighted by atomic mass is 35.5. The van der Waals surface area contributed by atoms with Crippen LogP contribution in [0.25, 0.3) is 0 Å². The maximum Gasteiger partial charge on any atom is 0.129 e. The molecule has 18 heavy (non-hydrogen) atoms. The normalized spacial score (nSPS) is 15.7. The smallest absolute Gasteiger partial charge is 0.129 e. The lowest BCUT2D eigenvalue weighted by Crippen LogP contribution is -2.33. The predicted molar refractivity (Wildman–Crippen MR) is 70.6 cm³/mol. The molecule has 0 aliphatic carbocycles. The molecule has 0 radical (unpaired) electrons. The summed E-state index contributed by atoms with van der Waals surface area (Å²) in [4.78, 5) is 10.9. The molecule has 0 unspecified atom stereocenters. The summed E-state index contributed by atoms with van der Waals surface area (Å²) in [6, 6.07) is 3.49. The summed E-state index contributed by atoms with van der Waals surface area (Å²) in [6.07, 6.45) is 3.85. The number of halogens is 2. The summed E-state index contributed by atoms with van der Waals surface area (Å²) in [5, 5.41) is 1.14. The second kappa shape index (κ2) is 4.88. The number of fused-ring (bicyclic) bond motifs is 1. The van der Waals surface area contributed by atoms with Crippen molar-refractivity contribution in [2.75, 3.05) is 6.54 Å². The Morgan fingerprint density at radius 2 is 2.11 bits per heavy atom. The minimum Gasteiger partial charge on any atom is -0.333 e. The first-order valence-electron chi connectivity index (χ1n) is 5.75. The van der Waals surface area contributed by atoms with Crippen LogP contribution in [0.2, 0.25) is 10.2 Å². The molecule has 0 saturated heterocycles. The van der Waals surface area contributed by atoms with Gasteiger partial charge in [-0.25, -0.2) is 9.97 Å². The van der Waals surface area contributed by atoms with Crippen LogP contribution in [0.4, 0.5) is 0 Å². The lowest BCUT2D eigenvalue weighted by Gasteiger charge is -2.27. The zero-order valence-electron chi connectivity index (χ0n) is 9.68. The van der Waals surface area contributed by atoms with Crippen LogP contribution in [0.15, 0.2) is 24.5 Å². The van der Waals surface area contributed by atoms with Gasteiger partial charge in [0, 0.05) is 32.0 Å². The molecule has 2 aromatic heterocycles. The number of pyridine rings is 1. The molecule has 0 atom stereocenters. The highest BCUT2D eigenvalue weighted by Gasteiger charge is 2.18. The number of hydrogen-bond acceptors (Lipinski definition) is 3. The molecule has 2 aromatic rings. The van der Waals surface area contributed by atoms with Crippen molar-refractivity contribution in [1.82, 2.24) is 19.4 Å². The summed E-state index contributed by atoms with van der Waals surface area (Å²) < 4.78 is 2.17. The van der Waals surface area contributed by atoms with E-state index >= 15 is 0 Å². The molecule has 0 amide bonds. The van der Waals surface area contributed by atoms with Gasteiger partial charge in [0.1, 0.15) is 11.0 Å². The first-order valence-corrected chi connectivity index (χ1v) is 6.51. The van der Waals surface area contributed by atoms with Gasteiger partial charge in [-0.2, -0.15) is 0 Å². The molecule has 94 valence electrons. The van der Waals surface area contributed by atoms with Crippen LogP contribution in [0, 0.1) is 0 Å². The summed E-state index contributed by atoms with van der Waals surface area (Å²) in [5.41, 5.74) is 0.823. The minimum atomic E-state index is 0.480. The van der Waals surface area contributed by atoms with Gasteiger partial charge in [0.2, 0.25) is 0 Å². The molecule has 0 bridgehead atoms. The van der Waals surface area contributed by atoms with E-state index in [-0.39, 0.29) is 0 Å². The van der Waals surface area contributed by atoms with Crippen LogP contribution < -0.4 is 0 Å². The van der Waals surface area contributed by atoms with Crippen molar-refractivity contribution in [2.24, 2.45) is 0 Å². The molecule has 6 heteroatoms. The molecule has 0 saturated carbocycles. The zero-order chi connectivity index (χ0) is 12.5. The second-order valence-electron chi connectivity index (χ2n) is 4.31. The fourth-order valence-corrected chi connectivity index (χ4v) is 2.47. The fraction of sp³-hybridized carbons (Fsp3) is 0.333. The molecule has 0 spiro atoms. The van der Waals surface area contributed by atoms with Gasteiger partial charge in [0.15, 0.2) is 0 Å². The van der Waals surface area contributed by atoms with E-state index in [9.17, 15) is 0 Å². The van der Waals surface area contributed by atoms with Gasteiger partial charge in [-0.3, -0.25) is 4.90 Å². The van der Waals surface area contributed by atoms with Crippen LogP contribution in [0.5, 0.6) is 0 Å². The van der Waals surface area contributed by atoms with E-state index in [1.165, 1.54) is 0 Å². The average molecular weight is 283 g/mol. The number of nitrogens with zero attached hydrogens (tertiary/aromatic N) is 4. The highest BCUT2D eigenvalue weighted by Crippen LogP contribution is 2.20. The molecule has 0 fully saturated rings. The van der Waals surface area contributed by atoms with E-state index in [1.54, 1.807) is 12.1 Å². The van der Waals surface area contributed by atoms with Crippen LogP contribution in [-0.4, -0.2) is 26.0 Å². The van der Waals surface area contributed by atoms with Crippen molar-refractivity contribution in [3.8, 4) is 0 Å². The van der Waals surface area contributed by atoms with Crippen molar-refractivity contribution >= 4 is 23.2 Å². The number of rotatable bonds is 2. The standard InChI is InChI=1S/C12H12Cl2N4/c13-9-1-2-11(14)16-10(9)7-17-5-6-18-4-3-15-12(18)8-17/h1-4H,5-8H2. The van der Waals surface area contributed by atoms with E-state index in [1.807, 2.05) is 12.4 Å². The number of imidazole rings is 1. The van der Waals surface area contributed by atoms with Gasteiger partial charge in [-0.15, -0.1) is 0 Å². The summed E-state index contributed by atoms with van der Waals surface area (Å²) in [7, 11) is 0. The van der Waals surface area contributed by atoms with E-state index in [4.69, 9.17) is 23.2 Å². The molecular formula is C12H12Cl2N4. The summed E-state index contributed by atoms with van der Waals surface area (Å²) in [6.45, 7) is 3.44. The van der Waals surface area contributed by atoms with Crippen molar-refractivity contribution in [3.05, 3.63) is 46.2 Å². The number of aromatic nitrogens is 3. The Morgan fingerprint density at radius 1 is 1.22 bits per heavy atom. The SMILES string of the molecule is Clc1ccc(Cl)c(CN2CCn3ccnc3C2)n1. The van der Waals surface area contributed by atoms with Gasteiger partial charge in [0.25, 0.3) is 0 Å². The van der Waals surface area contributed by atoms with Crippen LogP contribution in [-0.2, 0) is 19.6 Å². The Morgan fingerprint density at radius 3 is 3.00 bits per heavy atom. The summed E-state index contributed by atoms with van der Waals surface area (Å²) in [5.74, 6) is 1.08.